The van der Waals surface area contributed by atoms with Gasteiger partial charge in [-0.25, -0.2) is 0 Å². The second-order valence-electron chi connectivity index (χ2n) is 4.15. The van der Waals surface area contributed by atoms with Gasteiger partial charge in [-0.1, -0.05) is 11.6 Å². The van der Waals surface area contributed by atoms with Crippen molar-refractivity contribution >= 4 is 11.6 Å². The molecule has 0 aromatic carbocycles. The fourth-order valence-electron chi connectivity index (χ4n) is 1.99. The Morgan fingerprint density at radius 1 is 1.31 bits per heavy atom. The lowest BCUT2D eigenvalue weighted by Gasteiger charge is -2.31. The molecule has 1 fully saturated rings. The smallest absolute Gasteiger partial charge is 0.234 e. The summed E-state index contributed by atoms with van der Waals surface area (Å²) in [6.07, 6.45) is 5.39. The summed E-state index contributed by atoms with van der Waals surface area (Å²) in [5.74, 6) is 0.485. The standard InChI is InChI=1S/C11H15ClN2O2/c1-7-3-9(4-8(2)15-7)16-11-6-13-5-10(12)14-11/h5-9H,3-4H2,1-2H3. The Labute approximate surface area is 99.9 Å². The molecule has 4 nitrogen and oxygen atoms in total. The molecule has 0 saturated carbocycles. The number of halogens is 1. The van der Waals surface area contributed by atoms with Crippen LogP contribution in [0, 0.1) is 0 Å². The Morgan fingerprint density at radius 2 is 2.00 bits per heavy atom. The third-order valence-corrected chi connectivity index (χ3v) is 2.71. The van der Waals surface area contributed by atoms with Gasteiger partial charge in [0.15, 0.2) is 5.15 Å². The maximum absolute atomic E-state index is 5.74. The van der Waals surface area contributed by atoms with E-state index in [0.29, 0.717) is 11.0 Å². The van der Waals surface area contributed by atoms with Crippen LogP contribution in [0.2, 0.25) is 5.15 Å². The van der Waals surface area contributed by atoms with Crippen LogP contribution in [-0.2, 0) is 4.74 Å². The van der Waals surface area contributed by atoms with Crippen molar-refractivity contribution in [3.05, 3.63) is 17.5 Å². The maximum Gasteiger partial charge on any atom is 0.234 e. The lowest BCUT2D eigenvalue weighted by atomic mass is 10.0. The molecule has 2 rings (SSSR count). The van der Waals surface area contributed by atoms with Crippen LogP contribution < -0.4 is 4.74 Å². The van der Waals surface area contributed by atoms with Gasteiger partial charge in [-0.2, -0.15) is 4.98 Å². The minimum Gasteiger partial charge on any atom is -0.473 e. The summed E-state index contributed by atoms with van der Waals surface area (Å²) >= 11 is 5.74. The zero-order valence-corrected chi connectivity index (χ0v) is 10.1. The molecule has 1 aromatic heterocycles. The summed E-state index contributed by atoms with van der Waals surface area (Å²) in [4.78, 5) is 7.99. The molecule has 1 aromatic rings. The van der Waals surface area contributed by atoms with E-state index in [1.54, 1.807) is 6.20 Å². The van der Waals surface area contributed by atoms with Crippen molar-refractivity contribution in [2.45, 2.75) is 45.0 Å². The number of nitrogens with zero attached hydrogens (tertiary/aromatic N) is 2. The fourth-order valence-corrected chi connectivity index (χ4v) is 2.13. The highest BCUT2D eigenvalue weighted by Gasteiger charge is 2.26. The van der Waals surface area contributed by atoms with Crippen LogP contribution in [0.25, 0.3) is 0 Å². The topological polar surface area (TPSA) is 44.2 Å². The molecule has 2 unspecified atom stereocenters. The molecule has 88 valence electrons. The molecule has 5 heteroatoms. The third-order valence-electron chi connectivity index (χ3n) is 2.52. The zero-order valence-electron chi connectivity index (χ0n) is 9.39. The molecule has 2 heterocycles. The first-order valence-corrected chi connectivity index (χ1v) is 5.81. The average Bonchev–Trinajstić information content (AvgIpc) is 2.15. The van der Waals surface area contributed by atoms with Gasteiger partial charge in [0.25, 0.3) is 0 Å². The Morgan fingerprint density at radius 3 is 2.62 bits per heavy atom. The molecule has 0 aliphatic carbocycles. The SMILES string of the molecule is CC1CC(Oc2cncc(Cl)n2)CC(C)O1. The van der Waals surface area contributed by atoms with Crippen molar-refractivity contribution < 1.29 is 9.47 Å². The molecular weight excluding hydrogens is 228 g/mol. The molecule has 0 spiro atoms. The van der Waals surface area contributed by atoms with Gasteiger partial charge in [0.1, 0.15) is 6.10 Å². The molecule has 0 N–H and O–H groups in total. The van der Waals surface area contributed by atoms with Gasteiger partial charge >= 0.3 is 0 Å². The number of ether oxygens (including phenoxy) is 2. The summed E-state index contributed by atoms with van der Waals surface area (Å²) in [5.41, 5.74) is 0. The number of rotatable bonds is 2. The molecule has 0 bridgehead atoms. The molecule has 1 aliphatic heterocycles. The van der Waals surface area contributed by atoms with Crippen LogP contribution in [0.4, 0.5) is 0 Å². The van der Waals surface area contributed by atoms with Crippen LogP contribution in [0.5, 0.6) is 5.88 Å². The molecule has 1 aliphatic rings. The third kappa shape index (κ3) is 3.06. The predicted octanol–water partition coefficient (Wildman–Crippen LogP) is 2.46. The normalized spacial score (nSPS) is 30.1. The van der Waals surface area contributed by atoms with E-state index in [9.17, 15) is 0 Å². The van der Waals surface area contributed by atoms with E-state index < -0.39 is 0 Å². The van der Waals surface area contributed by atoms with Crippen LogP contribution in [0.1, 0.15) is 26.7 Å². The second kappa shape index (κ2) is 4.97. The summed E-state index contributed by atoms with van der Waals surface area (Å²) in [7, 11) is 0. The average molecular weight is 243 g/mol. The van der Waals surface area contributed by atoms with E-state index >= 15 is 0 Å². The van der Waals surface area contributed by atoms with E-state index in [1.807, 2.05) is 0 Å². The number of hydrogen-bond acceptors (Lipinski definition) is 4. The highest BCUT2D eigenvalue weighted by Crippen LogP contribution is 2.23. The van der Waals surface area contributed by atoms with E-state index in [-0.39, 0.29) is 18.3 Å². The van der Waals surface area contributed by atoms with Crippen molar-refractivity contribution in [2.75, 3.05) is 0 Å². The highest BCUT2D eigenvalue weighted by molar-refractivity contribution is 6.29. The van der Waals surface area contributed by atoms with E-state index in [0.717, 1.165) is 12.8 Å². The van der Waals surface area contributed by atoms with Gasteiger partial charge in [-0.15, -0.1) is 0 Å². The van der Waals surface area contributed by atoms with Crippen LogP contribution in [0.15, 0.2) is 12.4 Å². The van der Waals surface area contributed by atoms with Crippen LogP contribution in [0.3, 0.4) is 0 Å². The van der Waals surface area contributed by atoms with Gasteiger partial charge in [0.05, 0.1) is 24.6 Å². The summed E-state index contributed by atoms with van der Waals surface area (Å²) in [5, 5.41) is 0.352. The first-order valence-electron chi connectivity index (χ1n) is 5.43. The summed E-state index contributed by atoms with van der Waals surface area (Å²) < 4.78 is 11.4. The first kappa shape index (κ1) is 11.6. The van der Waals surface area contributed by atoms with Gasteiger partial charge in [-0.05, 0) is 13.8 Å². The molecule has 0 radical (unpaired) electrons. The molecular formula is C11H15ClN2O2. The molecule has 16 heavy (non-hydrogen) atoms. The Kier molecular flexibility index (Phi) is 3.61. The molecule has 1 saturated heterocycles. The summed E-state index contributed by atoms with van der Waals surface area (Å²) in [6.45, 7) is 4.10. The van der Waals surface area contributed by atoms with E-state index in [1.165, 1.54) is 6.20 Å². The Hall–Kier alpha value is -0.870. The van der Waals surface area contributed by atoms with E-state index in [2.05, 4.69) is 23.8 Å². The quantitative estimate of drug-likeness (QED) is 0.799. The monoisotopic (exact) mass is 242 g/mol. The molecule has 2 atom stereocenters. The first-order chi connectivity index (χ1) is 7.63. The van der Waals surface area contributed by atoms with Gasteiger partial charge in [0.2, 0.25) is 5.88 Å². The minimum absolute atomic E-state index is 0.131. The van der Waals surface area contributed by atoms with Crippen molar-refractivity contribution in [1.29, 1.82) is 0 Å². The van der Waals surface area contributed by atoms with Crippen LogP contribution >= 0.6 is 11.6 Å². The number of hydrogen-bond donors (Lipinski definition) is 0. The van der Waals surface area contributed by atoms with Crippen molar-refractivity contribution in [2.24, 2.45) is 0 Å². The van der Waals surface area contributed by atoms with Crippen molar-refractivity contribution in [3.8, 4) is 5.88 Å². The lowest BCUT2D eigenvalue weighted by molar-refractivity contribution is -0.0730. The minimum atomic E-state index is 0.131. The van der Waals surface area contributed by atoms with E-state index in [4.69, 9.17) is 21.1 Å². The lowest BCUT2D eigenvalue weighted by Crippen LogP contribution is -2.35. The number of aromatic nitrogens is 2. The molecule has 0 amide bonds. The van der Waals surface area contributed by atoms with Crippen molar-refractivity contribution in [1.82, 2.24) is 9.97 Å². The van der Waals surface area contributed by atoms with Crippen LogP contribution in [-0.4, -0.2) is 28.3 Å². The van der Waals surface area contributed by atoms with Gasteiger partial charge < -0.3 is 9.47 Å². The van der Waals surface area contributed by atoms with Crippen molar-refractivity contribution in [3.63, 3.8) is 0 Å². The largest absolute Gasteiger partial charge is 0.473 e. The Bertz CT molecular complexity index is 352. The zero-order chi connectivity index (χ0) is 11.5. The second-order valence-corrected chi connectivity index (χ2v) is 4.54. The fraction of sp³-hybridized carbons (Fsp3) is 0.636. The highest BCUT2D eigenvalue weighted by atomic mass is 35.5. The van der Waals surface area contributed by atoms with Gasteiger partial charge in [0, 0.05) is 12.8 Å². The predicted molar refractivity (Wildman–Crippen MR) is 60.7 cm³/mol. The van der Waals surface area contributed by atoms with Gasteiger partial charge in [-0.3, -0.25) is 4.98 Å². The summed E-state index contributed by atoms with van der Waals surface area (Å²) in [6, 6.07) is 0. The Balaban J connectivity index is 1.98. The maximum atomic E-state index is 5.74.